The second-order valence-electron chi connectivity index (χ2n) is 5.76. The van der Waals surface area contributed by atoms with Crippen LogP contribution in [-0.2, 0) is 12.0 Å². The molecule has 0 atom stereocenters. The molecule has 3 nitrogen and oxygen atoms in total. The minimum Gasteiger partial charge on any atom is -0.383 e. The van der Waals surface area contributed by atoms with Gasteiger partial charge in [-0.1, -0.05) is 38.4 Å². The molecule has 108 valence electrons. The Bertz CT molecular complexity index is 641. The molecule has 0 fully saturated rings. The summed E-state index contributed by atoms with van der Waals surface area (Å²) in [5.41, 5.74) is 6.78. The van der Waals surface area contributed by atoms with Gasteiger partial charge in [-0.3, -0.25) is 0 Å². The fourth-order valence-corrected chi connectivity index (χ4v) is 2.42. The van der Waals surface area contributed by atoms with Crippen molar-refractivity contribution in [3.63, 3.8) is 0 Å². The molecule has 5 heteroatoms. The van der Waals surface area contributed by atoms with Gasteiger partial charge in [-0.15, -0.1) is 0 Å². The van der Waals surface area contributed by atoms with Crippen LogP contribution in [0.25, 0.3) is 11.3 Å². The summed E-state index contributed by atoms with van der Waals surface area (Å²) in [7, 11) is 0. The predicted molar refractivity (Wildman–Crippen MR) is 81.4 cm³/mol. The largest absolute Gasteiger partial charge is 0.383 e. The van der Waals surface area contributed by atoms with Crippen LogP contribution in [0.15, 0.2) is 18.2 Å². The number of imidazole rings is 1. The molecule has 0 aliphatic carbocycles. The van der Waals surface area contributed by atoms with E-state index in [0.717, 1.165) is 5.82 Å². The first-order chi connectivity index (χ1) is 9.27. The number of nitrogens with two attached hydrogens (primary N) is 1. The summed E-state index contributed by atoms with van der Waals surface area (Å²) in [4.78, 5) is 4.56. The van der Waals surface area contributed by atoms with Crippen molar-refractivity contribution in [1.82, 2.24) is 9.55 Å². The lowest BCUT2D eigenvalue weighted by atomic mass is 9.95. The average Bonchev–Trinajstić information content (AvgIpc) is 2.69. The van der Waals surface area contributed by atoms with Crippen LogP contribution in [-0.4, -0.2) is 9.55 Å². The van der Waals surface area contributed by atoms with Gasteiger partial charge in [0.1, 0.15) is 17.3 Å². The summed E-state index contributed by atoms with van der Waals surface area (Å²) in [5.74, 6) is 0.826. The van der Waals surface area contributed by atoms with Gasteiger partial charge >= 0.3 is 0 Å². The van der Waals surface area contributed by atoms with Crippen molar-refractivity contribution >= 4 is 17.4 Å². The van der Waals surface area contributed by atoms with Crippen molar-refractivity contribution in [3.05, 3.63) is 34.9 Å². The Labute approximate surface area is 123 Å². The monoisotopic (exact) mass is 295 g/mol. The summed E-state index contributed by atoms with van der Waals surface area (Å²) in [6.07, 6.45) is 0. The van der Waals surface area contributed by atoms with Crippen LogP contribution in [0, 0.1) is 5.82 Å². The first-order valence-electron chi connectivity index (χ1n) is 6.58. The van der Waals surface area contributed by atoms with Crippen LogP contribution in [0.2, 0.25) is 5.02 Å². The SMILES string of the molecule is CCn1c(C(C)(C)C)nc(-c2cccc(Cl)c2F)c1N. The Morgan fingerprint density at radius 2 is 2.00 bits per heavy atom. The number of hydrogen-bond acceptors (Lipinski definition) is 2. The normalized spacial score (nSPS) is 11.9. The van der Waals surface area contributed by atoms with E-state index in [9.17, 15) is 4.39 Å². The Hall–Kier alpha value is -1.55. The third-order valence-corrected chi connectivity index (χ3v) is 3.49. The molecule has 0 unspecified atom stereocenters. The minimum absolute atomic E-state index is 0.0743. The molecular formula is C15H19ClFN3. The predicted octanol–water partition coefficient (Wildman–Crippen LogP) is 4.24. The molecule has 2 rings (SSSR count). The number of nitrogen functional groups attached to an aromatic ring is 1. The highest BCUT2D eigenvalue weighted by Crippen LogP contribution is 2.34. The van der Waals surface area contributed by atoms with E-state index in [4.69, 9.17) is 17.3 Å². The molecule has 1 heterocycles. The number of hydrogen-bond donors (Lipinski definition) is 1. The Morgan fingerprint density at radius 1 is 1.35 bits per heavy atom. The molecule has 20 heavy (non-hydrogen) atoms. The smallest absolute Gasteiger partial charge is 0.151 e. The van der Waals surface area contributed by atoms with Gasteiger partial charge < -0.3 is 10.3 Å². The summed E-state index contributed by atoms with van der Waals surface area (Å²) >= 11 is 5.84. The maximum atomic E-state index is 14.2. The van der Waals surface area contributed by atoms with E-state index < -0.39 is 5.82 Å². The first-order valence-corrected chi connectivity index (χ1v) is 6.96. The van der Waals surface area contributed by atoms with E-state index in [0.29, 0.717) is 23.6 Å². The summed E-state index contributed by atoms with van der Waals surface area (Å²) in [6, 6.07) is 4.85. The van der Waals surface area contributed by atoms with Gasteiger partial charge in [-0.05, 0) is 19.1 Å². The van der Waals surface area contributed by atoms with Crippen LogP contribution >= 0.6 is 11.6 Å². The molecule has 0 bridgehead atoms. The van der Waals surface area contributed by atoms with Crippen LogP contribution < -0.4 is 5.73 Å². The Kier molecular flexibility index (Phi) is 3.78. The molecule has 0 aliphatic rings. The fraction of sp³-hybridized carbons (Fsp3) is 0.400. The number of halogens is 2. The van der Waals surface area contributed by atoms with Crippen LogP contribution in [0.4, 0.5) is 10.2 Å². The molecule has 0 saturated carbocycles. The fourth-order valence-electron chi connectivity index (χ4n) is 2.24. The molecule has 1 aromatic carbocycles. The summed E-state index contributed by atoms with van der Waals surface area (Å²) in [6.45, 7) is 8.84. The third-order valence-electron chi connectivity index (χ3n) is 3.20. The maximum Gasteiger partial charge on any atom is 0.151 e. The van der Waals surface area contributed by atoms with Gasteiger partial charge in [0.15, 0.2) is 5.82 Å². The van der Waals surface area contributed by atoms with E-state index in [1.165, 1.54) is 6.07 Å². The molecule has 0 aliphatic heterocycles. The number of benzene rings is 1. The van der Waals surface area contributed by atoms with E-state index in [2.05, 4.69) is 25.8 Å². The van der Waals surface area contributed by atoms with Crippen LogP contribution in [0.1, 0.15) is 33.5 Å². The molecule has 0 spiro atoms. The second-order valence-corrected chi connectivity index (χ2v) is 6.17. The van der Waals surface area contributed by atoms with Crippen molar-refractivity contribution in [3.8, 4) is 11.3 Å². The molecule has 0 radical (unpaired) electrons. The highest BCUT2D eigenvalue weighted by molar-refractivity contribution is 6.31. The maximum absolute atomic E-state index is 14.2. The van der Waals surface area contributed by atoms with Crippen LogP contribution in [0.5, 0.6) is 0 Å². The summed E-state index contributed by atoms with van der Waals surface area (Å²) in [5, 5.41) is 0.0743. The molecule has 2 aromatic rings. The molecule has 1 aromatic heterocycles. The lowest BCUT2D eigenvalue weighted by Gasteiger charge is -2.19. The highest BCUT2D eigenvalue weighted by atomic mass is 35.5. The first kappa shape index (κ1) is 14.9. The van der Waals surface area contributed by atoms with Crippen molar-refractivity contribution in [2.24, 2.45) is 0 Å². The Balaban J connectivity index is 2.70. The highest BCUT2D eigenvalue weighted by Gasteiger charge is 2.26. The molecular weight excluding hydrogens is 277 g/mol. The van der Waals surface area contributed by atoms with Gasteiger partial charge in [0.25, 0.3) is 0 Å². The Morgan fingerprint density at radius 3 is 2.50 bits per heavy atom. The molecule has 0 saturated heterocycles. The van der Waals surface area contributed by atoms with Gasteiger partial charge in [-0.25, -0.2) is 9.37 Å². The van der Waals surface area contributed by atoms with Crippen molar-refractivity contribution in [1.29, 1.82) is 0 Å². The number of anilines is 1. The second kappa shape index (κ2) is 5.09. The van der Waals surface area contributed by atoms with Crippen molar-refractivity contribution in [2.45, 2.75) is 39.7 Å². The van der Waals surface area contributed by atoms with Crippen molar-refractivity contribution in [2.75, 3.05) is 5.73 Å². The van der Waals surface area contributed by atoms with Gasteiger partial charge in [0.05, 0.1) is 5.02 Å². The summed E-state index contributed by atoms with van der Waals surface area (Å²) < 4.78 is 16.1. The molecule has 0 amide bonds. The zero-order valence-electron chi connectivity index (χ0n) is 12.2. The van der Waals surface area contributed by atoms with Gasteiger partial charge in [0, 0.05) is 17.5 Å². The van der Waals surface area contributed by atoms with Gasteiger partial charge in [-0.2, -0.15) is 0 Å². The van der Waals surface area contributed by atoms with E-state index in [1.54, 1.807) is 12.1 Å². The van der Waals surface area contributed by atoms with Crippen LogP contribution in [0.3, 0.4) is 0 Å². The topological polar surface area (TPSA) is 43.8 Å². The minimum atomic E-state index is -0.484. The lowest BCUT2D eigenvalue weighted by Crippen LogP contribution is -2.19. The van der Waals surface area contributed by atoms with Gasteiger partial charge in [0.2, 0.25) is 0 Å². The van der Waals surface area contributed by atoms with E-state index in [1.807, 2.05) is 11.5 Å². The van der Waals surface area contributed by atoms with Crippen molar-refractivity contribution < 1.29 is 4.39 Å². The quantitative estimate of drug-likeness (QED) is 0.900. The van der Waals surface area contributed by atoms with E-state index in [-0.39, 0.29) is 10.4 Å². The van der Waals surface area contributed by atoms with E-state index >= 15 is 0 Å². The number of rotatable bonds is 2. The zero-order chi connectivity index (χ0) is 15.1. The molecule has 2 N–H and O–H groups in total. The number of nitrogens with zero attached hydrogens (tertiary/aromatic N) is 2. The standard InChI is InChI=1S/C15H19ClFN3/c1-5-20-13(18)12(19-14(20)15(2,3)4)9-7-6-8-10(16)11(9)17/h6-8H,5,18H2,1-4H3. The number of aromatic nitrogens is 2. The zero-order valence-corrected chi connectivity index (χ0v) is 12.9. The third kappa shape index (κ3) is 2.40. The lowest BCUT2D eigenvalue weighted by molar-refractivity contribution is 0.508. The average molecular weight is 296 g/mol.